The molecule has 1 aromatic heterocycles. The van der Waals surface area contributed by atoms with E-state index in [-0.39, 0.29) is 0 Å². The lowest BCUT2D eigenvalue weighted by molar-refractivity contribution is 0.997. The van der Waals surface area contributed by atoms with Gasteiger partial charge in [0, 0.05) is 10.6 Å². The standard InChI is InChI=1S/C13H12N6S/c14-6-8-2-1-3-9(4-8)7-20-10-5-11(15)16-13-12(10)17-19-18-13/h1-5,17,19H,7H2,(H3,15,16,18). The number of hydrazine groups is 2. The van der Waals surface area contributed by atoms with Gasteiger partial charge in [0.15, 0.2) is 5.82 Å². The molecule has 0 saturated carbocycles. The van der Waals surface area contributed by atoms with Crippen molar-refractivity contribution >= 4 is 29.1 Å². The van der Waals surface area contributed by atoms with Gasteiger partial charge in [0.05, 0.1) is 11.6 Å². The minimum Gasteiger partial charge on any atom is -0.384 e. The van der Waals surface area contributed by atoms with Crippen molar-refractivity contribution in [3.63, 3.8) is 0 Å². The lowest BCUT2D eigenvalue weighted by atomic mass is 10.2. The van der Waals surface area contributed by atoms with E-state index >= 15 is 0 Å². The fraction of sp³-hybridized carbons (Fsp3) is 0.0769. The molecule has 5 N–H and O–H groups in total. The molecular weight excluding hydrogens is 272 g/mol. The molecule has 1 aliphatic rings. The van der Waals surface area contributed by atoms with E-state index in [9.17, 15) is 0 Å². The highest BCUT2D eigenvalue weighted by molar-refractivity contribution is 7.98. The van der Waals surface area contributed by atoms with Gasteiger partial charge in [0.25, 0.3) is 0 Å². The average Bonchev–Trinajstić information content (AvgIpc) is 2.93. The van der Waals surface area contributed by atoms with Crippen LogP contribution in [0.1, 0.15) is 11.1 Å². The van der Waals surface area contributed by atoms with Crippen LogP contribution in [0.3, 0.4) is 0 Å². The Labute approximate surface area is 120 Å². The third-order valence-corrected chi connectivity index (χ3v) is 3.93. The topological polar surface area (TPSA) is 98.8 Å². The van der Waals surface area contributed by atoms with E-state index in [2.05, 4.69) is 27.4 Å². The summed E-state index contributed by atoms with van der Waals surface area (Å²) in [4.78, 5) is 5.19. The van der Waals surface area contributed by atoms with Crippen molar-refractivity contribution in [2.45, 2.75) is 10.6 Å². The molecule has 7 heteroatoms. The number of thioether (sulfide) groups is 1. The molecule has 0 spiro atoms. The maximum atomic E-state index is 8.90. The molecule has 0 atom stereocenters. The molecule has 1 aliphatic heterocycles. The van der Waals surface area contributed by atoms with E-state index < -0.39 is 0 Å². The summed E-state index contributed by atoms with van der Waals surface area (Å²) in [5.74, 6) is 1.92. The third kappa shape index (κ3) is 2.47. The van der Waals surface area contributed by atoms with Crippen LogP contribution in [0.5, 0.6) is 0 Å². The monoisotopic (exact) mass is 284 g/mol. The molecule has 2 aromatic rings. The quantitative estimate of drug-likeness (QED) is 0.640. The zero-order valence-corrected chi connectivity index (χ0v) is 11.3. The molecule has 0 saturated heterocycles. The summed E-state index contributed by atoms with van der Waals surface area (Å²) in [6.07, 6.45) is 0. The minimum atomic E-state index is 0.468. The molecule has 0 amide bonds. The van der Waals surface area contributed by atoms with Crippen molar-refractivity contribution in [3.8, 4) is 6.07 Å². The van der Waals surface area contributed by atoms with E-state index in [1.807, 2.05) is 24.3 Å². The van der Waals surface area contributed by atoms with Gasteiger partial charge in [-0.2, -0.15) is 5.26 Å². The number of benzene rings is 1. The van der Waals surface area contributed by atoms with Gasteiger partial charge in [-0.1, -0.05) is 12.1 Å². The maximum absolute atomic E-state index is 8.90. The first-order valence-electron chi connectivity index (χ1n) is 5.95. The van der Waals surface area contributed by atoms with Gasteiger partial charge in [0.2, 0.25) is 0 Å². The summed E-state index contributed by atoms with van der Waals surface area (Å²) in [7, 11) is 0. The van der Waals surface area contributed by atoms with Crippen LogP contribution in [0.25, 0.3) is 0 Å². The largest absolute Gasteiger partial charge is 0.384 e. The number of nitrogens with two attached hydrogens (primary N) is 1. The predicted molar refractivity (Wildman–Crippen MR) is 79.7 cm³/mol. The molecule has 0 radical (unpaired) electrons. The Bertz CT molecular complexity index is 694. The summed E-state index contributed by atoms with van der Waals surface area (Å²) in [6, 6.07) is 11.6. The van der Waals surface area contributed by atoms with Gasteiger partial charge < -0.3 is 5.73 Å². The number of hydrogen-bond acceptors (Lipinski definition) is 7. The fourth-order valence-corrected chi connectivity index (χ4v) is 2.91. The molecule has 20 heavy (non-hydrogen) atoms. The Hall–Kier alpha value is -2.43. The average molecular weight is 284 g/mol. The van der Waals surface area contributed by atoms with Crippen molar-refractivity contribution < 1.29 is 0 Å². The minimum absolute atomic E-state index is 0.468. The molecule has 100 valence electrons. The van der Waals surface area contributed by atoms with E-state index in [0.29, 0.717) is 17.2 Å². The summed E-state index contributed by atoms with van der Waals surface area (Å²) in [5, 5.41) is 8.90. The van der Waals surface area contributed by atoms with Crippen molar-refractivity contribution in [3.05, 3.63) is 41.5 Å². The number of aromatic nitrogens is 1. The summed E-state index contributed by atoms with van der Waals surface area (Å²) in [6.45, 7) is 0. The predicted octanol–water partition coefficient (Wildman–Crippen LogP) is 2.08. The smallest absolute Gasteiger partial charge is 0.169 e. The third-order valence-electron chi connectivity index (χ3n) is 2.82. The van der Waals surface area contributed by atoms with E-state index in [0.717, 1.165) is 21.9 Å². The number of fused-ring (bicyclic) bond motifs is 1. The molecule has 0 aliphatic carbocycles. The summed E-state index contributed by atoms with van der Waals surface area (Å²) in [5.41, 5.74) is 17.1. The Balaban J connectivity index is 1.80. The fourth-order valence-electron chi connectivity index (χ4n) is 1.91. The Morgan fingerprint density at radius 2 is 2.20 bits per heavy atom. The number of pyridine rings is 1. The van der Waals surface area contributed by atoms with Crippen molar-refractivity contribution in [2.75, 3.05) is 16.6 Å². The van der Waals surface area contributed by atoms with Crippen molar-refractivity contribution in [1.82, 2.24) is 10.5 Å². The molecule has 2 heterocycles. The SMILES string of the molecule is N#Cc1cccc(CSc2cc(N)nc3c2NNN3)c1. The maximum Gasteiger partial charge on any atom is 0.169 e. The van der Waals surface area contributed by atoms with Crippen LogP contribution in [0.2, 0.25) is 0 Å². The second-order valence-corrected chi connectivity index (χ2v) is 5.26. The summed E-state index contributed by atoms with van der Waals surface area (Å²) < 4.78 is 0. The Morgan fingerprint density at radius 3 is 3.05 bits per heavy atom. The first kappa shape index (κ1) is 12.6. The molecule has 6 nitrogen and oxygen atoms in total. The summed E-state index contributed by atoms with van der Waals surface area (Å²) >= 11 is 1.64. The van der Waals surface area contributed by atoms with Gasteiger partial charge in [-0.15, -0.1) is 17.3 Å². The van der Waals surface area contributed by atoms with Crippen LogP contribution in [0.4, 0.5) is 17.3 Å². The van der Waals surface area contributed by atoms with E-state index in [1.165, 1.54) is 0 Å². The highest BCUT2D eigenvalue weighted by Crippen LogP contribution is 2.36. The second kappa shape index (κ2) is 5.28. The molecule has 1 aromatic carbocycles. The highest BCUT2D eigenvalue weighted by atomic mass is 32.2. The number of hydrogen-bond donors (Lipinski definition) is 4. The first-order chi connectivity index (χ1) is 9.76. The van der Waals surface area contributed by atoms with E-state index in [4.69, 9.17) is 11.0 Å². The lowest BCUT2D eigenvalue weighted by Crippen LogP contribution is -2.19. The molecule has 3 rings (SSSR count). The number of rotatable bonds is 3. The van der Waals surface area contributed by atoms with Gasteiger partial charge in [0.1, 0.15) is 11.5 Å². The molecular formula is C13H12N6S. The highest BCUT2D eigenvalue weighted by Gasteiger charge is 2.16. The number of nitriles is 1. The van der Waals surface area contributed by atoms with Crippen LogP contribution in [0, 0.1) is 11.3 Å². The number of nitrogens with zero attached hydrogens (tertiary/aromatic N) is 2. The van der Waals surface area contributed by atoms with Crippen LogP contribution in [0.15, 0.2) is 35.2 Å². The lowest BCUT2D eigenvalue weighted by Gasteiger charge is -2.07. The van der Waals surface area contributed by atoms with Crippen LogP contribution in [-0.4, -0.2) is 4.98 Å². The van der Waals surface area contributed by atoms with Crippen LogP contribution in [-0.2, 0) is 5.75 Å². The zero-order chi connectivity index (χ0) is 13.9. The van der Waals surface area contributed by atoms with E-state index in [1.54, 1.807) is 17.8 Å². The zero-order valence-electron chi connectivity index (χ0n) is 10.5. The van der Waals surface area contributed by atoms with Gasteiger partial charge >= 0.3 is 0 Å². The normalized spacial score (nSPS) is 12.2. The second-order valence-electron chi connectivity index (χ2n) is 4.24. The van der Waals surface area contributed by atoms with Crippen molar-refractivity contribution in [2.24, 2.45) is 0 Å². The Kier molecular flexibility index (Phi) is 3.33. The molecule has 0 fully saturated rings. The van der Waals surface area contributed by atoms with Gasteiger partial charge in [-0.3, -0.25) is 10.9 Å². The number of nitrogen functional groups attached to an aromatic ring is 1. The van der Waals surface area contributed by atoms with Gasteiger partial charge in [-0.05, 0) is 23.8 Å². The van der Waals surface area contributed by atoms with Crippen LogP contribution < -0.4 is 22.1 Å². The van der Waals surface area contributed by atoms with Gasteiger partial charge in [-0.25, -0.2) is 4.98 Å². The number of anilines is 3. The molecule has 0 bridgehead atoms. The van der Waals surface area contributed by atoms with Crippen LogP contribution >= 0.6 is 11.8 Å². The van der Waals surface area contributed by atoms with Crippen molar-refractivity contribution in [1.29, 1.82) is 5.26 Å². The number of nitrogens with one attached hydrogen (secondary N) is 3. The first-order valence-corrected chi connectivity index (χ1v) is 6.94. The molecule has 0 unspecified atom stereocenters. The Morgan fingerprint density at radius 1 is 1.30 bits per heavy atom.